The van der Waals surface area contributed by atoms with Gasteiger partial charge in [-0.25, -0.2) is 0 Å². The third kappa shape index (κ3) is 5.24. The van der Waals surface area contributed by atoms with Crippen molar-refractivity contribution in [2.24, 2.45) is 10.2 Å². The zero-order valence-corrected chi connectivity index (χ0v) is 15.6. The van der Waals surface area contributed by atoms with E-state index in [1.54, 1.807) is 0 Å². The summed E-state index contributed by atoms with van der Waals surface area (Å²) in [7, 11) is 0. The lowest BCUT2D eigenvalue weighted by molar-refractivity contribution is -0.119. The van der Waals surface area contributed by atoms with E-state index in [0.717, 1.165) is 23.4 Å². The first kappa shape index (κ1) is 18.8. The molecule has 1 fully saturated rings. The first-order valence-electron chi connectivity index (χ1n) is 9.00. The van der Waals surface area contributed by atoms with E-state index < -0.39 is 6.04 Å². The van der Waals surface area contributed by atoms with E-state index >= 15 is 0 Å². The highest BCUT2D eigenvalue weighted by atomic mass is 16.5. The molecule has 0 spiro atoms. The van der Waals surface area contributed by atoms with E-state index in [9.17, 15) is 4.79 Å². The monoisotopic (exact) mass is 364 g/mol. The lowest BCUT2D eigenvalue weighted by Crippen LogP contribution is -2.37. The quantitative estimate of drug-likeness (QED) is 0.586. The van der Waals surface area contributed by atoms with Gasteiger partial charge in [-0.1, -0.05) is 30.3 Å². The Bertz CT molecular complexity index is 825. The number of carbonyl (C=O) groups is 1. The molecular formula is C21H24N4O2. The number of rotatable bonds is 7. The SMILES string of the molecule is CC(C)=NN=C(c1ccc(OCCc2ccccc2)cc1)C1NCNC1=O. The maximum atomic E-state index is 12.0. The van der Waals surface area contributed by atoms with Gasteiger partial charge in [0.15, 0.2) is 0 Å². The first-order chi connectivity index (χ1) is 13.1. The van der Waals surface area contributed by atoms with E-state index in [4.69, 9.17) is 4.74 Å². The van der Waals surface area contributed by atoms with E-state index in [1.165, 1.54) is 5.56 Å². The van der Waals surface area contributed by atoms with Crippen molar-refractivity contribution in [2.75, 3.05) is 13.3 Å². The van der Waals surface area contributed by atoms with Gasteiger partial charge in [0.1, 0.15) is 11.8 Å². The lowest BCUT2D eigenvalue weighted by Gasteiger charge is -2.12. The van der Waals surface area contributed by atoms with Crippen LogP contribution in [0.4, 0.5) is 0 Å². The molecule has 0 aromatic heterocycles. The number of nitrogens with zero attached hydrogens (tertiary/aromatic N) is 2. The van der Waals surface area contributed by atoms with Crippen molar-refractivity contribution >= 4 is 17.3 Å². The summed E-state index contributed by atoms with van der Waals surface area (Å²) in [5, 5.41) is 14.3. The number of ether oxygens (including phenoxy) is 1. The highest BCUT2D eigenvalue weighted by molar-refractivity contribution is 6.17. The van der Waals surface area contributed by atoms with E-state index in [-0.39, 0.29) is 5.91 Å². The largest absolute Gasteiger partial charge is 0.493 e. The zero-order valence-electron chi connectivity index (χ0n) is 15.6. The van der Waals surface area contributed by atoms with Crippen molar-refractivity contribution in [1.82, 2.24) is 10.6 Å². The number of hydrogen-bond donors (Lipinski definition) is 2. The van der Waals surface area contributed by atoms with Crippen LogP contribution >= 0.6 is 0 Å². The van der Waals surface area contributed by atoms with Crippen molar-refractivity contribution in [3.05, 3.63) is 65.7 Å². The van der Waals surface area contributed by atoms with Crippen molar-refractivity contribution in [1.29, 1.82) is 0 Å². The van der Waals surface area contributed by atoms with E-state index in [0.29, 0.717) is 19.0 Å². The number of benzene rings is 2. The van der Waals surface area contributed by atoms with Crippen LogP contribution in [0.2, 0.25) is 0 Å². The second kappa shape index (κ2) is 9.09. The van der Waals surface area contributed by atoms with Gasteiger partial charge in [0, 0.05) is 17.7 Å². The molecule has 1 heterocycles. The number of nitrogens with one attached hydrogen (secondary N) is 2. The predicted octanol–water partition coefficient (Wildman–Crippen LogP) is 2.54. The number of carbonyl (C=O) groups excluding carboxylic acids is 1. The fraction of sp³-hybridized carbons (Fsp3) is 0.286. The summed E-state index contributed by atoms with van der Waals surface area (Å²) in [6.45, 7) is 4.77. The molecule has 1 atom stereocenters. The van der Waals surface area contributed by atoms with Gasteiger partial charge in [0.05, 0.1) is 19.0 Å². The van der Waals surface area contributed by atoms with Gasteiger partial charge in [-0.3, -0.25) is 10.1 Å². The van der Waals surface area contributed by atoms with Crippen LogP contribution in [0.3, 0.4) is 0 Å². The molecule has 1 unspecified atom stereocenters. The molecule has 0 bridgehead atoms. The normalized spacial score (nSPS) is 16.7. The topological polar surface area (TPSA) is 75.1 Å². The van der Waals surface area contributed by atoms with Crippen molar-refractivity contribution in [3.63, 3.8) is 0 Å². The minimum atomic E-state index is -0.502. The zero-order chi connectivity index (χ0) is 19.1. The van der Waals surface area contributed by atoms with E-state index in [2.05, 4.69) is 33.0 Å². The second-order valence-corrected chi connectivity index (χ2v) is 6.50. The van der Waals surface area contributed by atoms with Crippen LogP contribution in [0.15, 0.2) is 64.8 Å². The number of hydrogen-bond acceptors (Lipinski definition) is 5. The van der Waals surface area contributed by atoms with Gasteiger partial charge < -0.3 is 10.1 Å². The van der Waals surface area contributed by atoms with Gasteiger partial charge in [-0.15, -0.1) is 0 Å². The number of amides is 1. The predicted molar refractivity (Wildman–Crippen MR) is 107 cm³/mol. The summed E-state index contributed by atoms with van der Waals surface area (Å²) in [4.78, 5) is 12.0. The summed E-state index contributed by atoms with van der Waals surface area (Å²) in [5.41, 5.74) is 3.51. The molecule has 1 aliphatic rings. The standard InChI is InChI=1S/C21H24N4O2/c1-15(2)24-25-19(20-21(26)23-14-22-20)17-8-10-18(11-9-17)27-13-12-16-6-4-3-5-7-16/h3-11,20,22H,12-14H2,1-2H3,(H,23,26). The molecule has 6 heteroatoms. The molecule has 1 saturated heterocycles. The Morgan fingerprint density at radius 1 is 1.07 bits per heavy atom. The summed E-state index contributed by atoms with van der Waals surface area (Å²) in [6, 6.07) is 17.3. The Hall–Kier alpha value is -2.99. The van der Waals surface area contributed by atoms with Crippen LogP contribution in [-0.4, -0.2) is 36.6 Å². The molecule has 1 aliphatic heterocycles. The van der Waals surface area contributed by atoms with Gasteiger partial charge in [-0.05, 0) is 43.7 Å². The van der Waals surface area contributed by atoms with Gasteiger partial charge in [0.2, 0.25) is 5.91 Å². The maximum Gasteiger partial charge on any atom is 0.244 e. The maximum absolute atomic E-state index is 12.0. The minimum Gasteiger partial charge on any atom is -0.493 e. The summed E-state index contributed by atoms with van der Waals surface area (Å²) < 4.78 is 5.83. The van der Waals surface area contributed by atoms with Crippen molar-refractivity contribution < 1.29 is 9.53 Å². The lowest BCUT2D eigenvalue weighted by atomic mass is 10.0. The fourth-order valence-electron chi connectivity index (χ4n) is 2.75. The third-order valence-electron chi connectivity index (χ3n) is 4.11. The summed E-state index contributed by atoms with van der Waals surface area (Å²) in [5.74, 6) is 0.689. The highest BCUT2D eigenvalue weighted by Gasteiger charge is 2.29. The van der Waals surface area contributed by atoms with Gasteiger partial charge in [-0.2, -0.15) is 10.2 Å². The summed E-state index contributed by atoms with van der Waals surface area (Å²) in [6.07, 6.45) is 0.853. The van der Waals surface area contributed by atoms with E-state index in [1.807, 2.05) is 56.3 Å². The second-order valence-electron chi connectivity index (χ2n) is 6.50. The van der Waals surface area contributed by atoms with Crippen LogP contribution < -0.4 is 15.4 Å². The smallest absolute Gasteiger partial charge is 0.244 e. The molecule has 2 aromatic rings. The molecule has 6 nitrogen and oxygen atoms in total. The molecule has 2 N–H and O–H groups in total. The molecule has 140 valence electrons. The van der Waals surface area contributed by atoms with Crippen molar-refractivity contribution in [3.8, 4) is 5.75 Å². The molecule has 27 heavy (non-hydrogen) atoms. The summed E-state index contributed by atoms with van der Waals surface area (Å²) >= 11 is 0. The van der Waals surface area contributed by atoms with Gasteiger partial charge in [0.25, 0.3) is 0 Å². The third-order valence-corrected chi connectivity index (χ3v) is 4.11. The van der Waals surface area contributed by atoms with Crippen LogP contribution in [-0.2, 0) is 11.2 Å². The molecular weight excluding hydrogens is 340 g/mol. The first-order valence-corrected chi connectivity index (χ1v) is 9.00. The van der Waals surface area contributed by atoms with Crippen LogP contribution in [0, 0.1) is 0 Å². The molecule has 1 amide bonds. The van der Waals surface area contributed by atoms with Gasteiger partial charge >= 0.3 is 0 Å². The Morgan fingerprint density at radius 2 is 1.81 bits per heavy atom. The van der Waals surface area contributed by atoms with Crippen LogP contribution in [0.5, 0.6) is 5.75 Å². The van der Waals surface area contributed by atoms with Crippen LogP contribution in [0.25, 0.3) is 0 Å². The Labute approximate surface area is 159 Å². The minimum absolute atomic E-state index is 0.0964. The molecule has 0 saturated carbocycles. The Morgan fingerprint density at radius 3 is 2.44 bits per heavy atom. The molecule has 0 radical (unpaired) electrons. The Balaban J connectivity index is 1.68. The van der Waals surface area contributed by atoms with Crippen LogP contribution in [0.1, 0.15) is 25.0 Å². The Kier molecular flexibility index (Phi) is 6.33. The fourth-order valence-corrected chi connectivity index (χ4v) is 2.75. The van der Waals surface area contributed by atoms with Crippen molar-refractivity contribution in [2.45, 2.75) is 26.3 Å². The highest BCUT2D eigenvalue weighted by Crippen LogP contribution is 2.16. The average molecular weight is 364 g/mol. The molecule has 0 aliphatic carbocycles. The molecule has 3 rings (SSSR count). The average Bonchev–Trinajstić information content (AvgIpc) is 3.09. The molecule has 2 aromatic carbocycles.